The van der Waals surface area contributed by atoms with Crippen LogP contribution in [0.25, 0.3) is 16.9 Å². The molecule has 0 saturated carbocycles. The zero-order valence-electron chi connectivity index (χ0n) is 29.1. The Kier molecular flexibility index (Phi) is 13.4. The zero-order chi connectivity index (χ0) is 37.9. The standard InChI is InChI=1S/C25H20BrNO4.C18H17BrO3/c1-16-7-10-22(27(16)19-9-11-23(28)21(14-19)25(29)30)20-13-18(26)8-12-24(20)31-15-17-5-3-2-4-6-17;1-13(20)7-9-17(21)16-11-15(19)8-10-18(16)22-12-14-5-3-2-4-6-14/h2-14,28H,15H2,1H3,(H,29,30);2-6,8,10-11H,7,9,12H2,1H3. The second kappa shape index (κ2) is 18.3. The highest BCUT2D eigenvalue weighted by Crippen LogP contribution is 2.37. The van der Waals surface area contributed by atoms with E-state index in [4.69, 9.17) is 9.47 Å². The van der Waals surface area contributed by atoms with Crippen LogP contribution in [0.5, 0.6) is 17.2 Å². The van der Waals surface area contributed by atoms with Gasteiger partial charge in [-0.1, -0.05) is 92.5 Å². The number of nitrogens with zero attached hydrogens (tertiary/aromatic N) is 1. The van der Waals surface area contributed by atoms with Crippen LogP contribution in [-0.4, -0.2) is 32.3 Å². The Labute approximate surface area is 324 Å². The molecule has 0 atom stereocenters. The lowest BCUT2D eigenvalue weighted by atomic mass is 10.0. The number of ether oxygens (including phenoxy) is 2. The Balaban J connectivity index is 0.000000217. The molecule has 1 aromatic heterocycles. The first-order valence-corrected chi connectivity index (χ1v) is 18.3. The van der Waals surface area contributed by atoms with Crippen molar-refractivity contribution < 1.29 is 34.1 Å². The Morgan fingerprint density at radius 3 is 1.85 bits per heavy atom. The third kappa shape index (κ3) is 10.6. The van der Waals surface area contributed by atoms with Crippen LogP contribution in [0.1, 0.15) is 57.3 Å². The predicted octanol–water partition coefficient (Wildman–Crippen LogP) is 10.8. The lowest BCUT2D eigenvalue weighted by Crippen LogP contribution is -2.06. The minimum absolute atomic E-state index is 0.00935. The van der Waals surface area contributed by atoms with Crippen LogP contribution in [0.2, 0.25) is 0 Å². The molecule has 5 aromatic carbocycles. The first kappa shape index (κ1) is 38.8. The summed E-state index contributed by atoms with van der Waals surface area (Å²) < 4.78 is 15.6. The van der Waals surface area contributed by atoms with Gasteiger partial charge in [0.1, 0.15) is 41.8 Å². The number of Topliss-reactive ketones (excluding diaryl/α,β-unsaturated/α-hetero) is 2. The monoisotopic (exact) mass is 837 g/mol. The number of aromatic nitrogens is 1. The molecule has 0 amide bonds. The number of carbonyl (C=O) groups excluding carboxylic acids is 2. The largest absolute Gasteiger partial charge is 0.507 e. The molecule has 10 heteroatoms. The fourth-order valence-corrected chi connectivity index (χ4v) is 6.22. The topological polar surface area (TPSA) is 115 Å². The lowest BCUT2D eigenvalue weighted by molar-refractivity contribution is -0.117. The first-order chi connectivity index (χ1) is 25.5. The van der Waals surface area contributed by atoms with E-state index in [1.807, 2.05) is 109 Å². The van der Waals surface area contributed by atoms with E-state index in [2.05, 4.69) is 31.9 Å². The molecular weight excluding hydrogens is 802 g/mol. The molecule has 2 N–H and O–H groups in total. The van der Waals surface area contributed by atoms with E-state index in [0.29, 0.717) is 36.0 Å². The van der Waals surface area contributed by atoms with E-state index in [0.717, 1.165) is 37.0 Å². The van der Waals surface area contributed by atoms with Gasteiger partial charge >= 0.3 is 5.97 Å². The van der Waals surface area contributed by atoms with Crippen molar-refractivity contribution in [2.24, 2.45) is 0 Å². The van der Waals surface area contributed by atoms with Crippen molar-refractivity contribution in [1.29, 1.82) is 0 Å². The van der Waals surface area contributed by atoms with Crippen LogP contribution in [-0.2, 0) is 18.0 Å². The fourth-order valence-electron chi connectivity index (χ4n) is 5.50. The smallest absolute Gasteiger partial charge is 0.339 e. The average molecular weight is 840 g/mol. The number of aromatic carboxylic acids is 1. The number of halogens is 2. The molecule has 8 nitrogen and oxygen atoms in total. The molecule has 0 radical (unpaired) electrons. The number of hydrogen-bond donors (Lipinski definition) is 2. The van der Waals surface area contributed by atoms with Crippen LogP contribution < -0.4 is 9.47 Å². The maximum absolute atomic E-state index is 12.3. The molecule has 53 heavy (non-hydrogen) atoms. The summed E-state index contributed by atoms with van der Waals surface area (Å²) in [6.07, 6.45) is 0.455. The summed E-state index contributed by atoms with van der Waals surface area (Å²) in [5.74, 6) is -0.268. The van der Waals surface area contributed by atoms with E-state index in [1.54, 1.807) is 18.2 Å². The van der Waals surface area contributed by atoms with E-state index in [9.17, 15) is 24.6 Å². The molecule has 270 valence electrons. The van der Waals surface area contributed by atoms with Crippen molar-refractivity contribution in [3.63, 3.8) is 0 Å². The van der Waals surface area contributed by atoms with Gasteiger partial charge in [-0.05, 0) is 91.7 Å². The highest BCUT2D eigenvalue weighted by molar-refractivity contribution is 9.10. The maximum Gasteiger partial charge on any atom is 0.339 e. The molecular formula is C43H37Br2NO7. The van der Waals surface area contributed by atoms with Gasteiger partial charge in [0.15, 0.2) is 5.78 Å². The summed E-state index contributed by atoms with van der Waals surface area (Å²) >= 11 is 6.91. The summed E-state index contributed by atoms with van der Waals surface area (Å²) in [7, 11) is 0. The van der Waals surface area contributed by atoms with Crippen molar-refractivity contribution in [3.8, 4) is 34.2 Å². The molecule has 6 aromatic rings. The van der Waals surface area contributed by atoms with Crippen molar-refractivity contribution in [1.82, 2.24) is 4.57 Å². The van der Waals surface area contributed by atoms with Gasteiger partial charge in [0.05, 0.1) is 11.3 Å². The molecule has 1 heterocycles. The van der Waals surface area contributed by atoms with Gasteiger partial charge in [-0.3, -0.25) is 4.79 Å². The number of carboxylic acids is 1. The Hall–Kier alpha value is -5.45. The van der Waals surface area contributed by atoms with Crippen LogP contribution in [0.15, 0.2) is 136 Å². The first-order valence-electron chi connectivity index (χ1n) is 16.7. The van der Waals surface area contributed by atoms with Gasteiger partial charge in [-0.15, -0.1) is 0 Å². The summed E-state index contributed by atoms with van der Waals surface area (Å²) in [6, 6.07) is 39.4. The van der Waals surface area contributed by atoms with Gasteiger partial charge in [0.25, 0.3) is 0 Å². The second-order valence-electron chi connectivity index (χ2n) is 12.2. The maximum atomic E-state index is 12.3. The molecule has 0 bridgehead atoms. The lowest BCUT2D eigenvalue weighted by Gasteiger charge is -2.17. The third-order valence-corrected chi connectivity index (χ3v) is 9.17. The summed E-state index contributed by atoms with van der Waals surface area (Å²) in [5.41, 5.74) is 5.73. The Morgan fingerprint density at radius 1 is 0.660 bits per heavy atom. The SMILES string of the molecule is CC(=O)CCC(=O)c1cc(Br)ccc1OCc1ccccc1.Cc1ccc(-c2cc(Br)ccc2OCc2ccccc2)n1-c1ccc(O)c(C(=O)O)c1. The minimum Gasteiger partial charge on any atom is -0.507 e. The summed E-state index contributed by atoms with van der Waals surface area (Å²) in [4.78, 5) is 34.8. The Morgan fingerprint density at radius 2 is 1.25 bits per heavy atom. The third-order valence-electron chi connectivity index (χ3n) is 8.18. The molecule has 0 fully saturated rings. The van der Waals surface area contributed by atoms with E-state index >= 15 is 0 Å². The average Bonchev–Trinajstić information content (AvgIpc) is 3.54. The van der Waals surface area contributed by atoms with Gasteiger partial charge in [-0.2, -0.15) is 0 Å². The number of hydrogen-bond acceptors (Lipinski definition) is 6. The normalized spacial score (nSPS) is 10.6. The molecule has 6 rings (SSSR count). The quantitative estimate of drug-likeness (QED) is 0.111. The number of benzene rings is 5. The number of carbonyl (C=O) groups is 3. The molecule has 0 spiro atoms. The number of rotatable bonds is 13. The highest BCUT2D eigenvalue weighted by Gasteiger charge is 2.18. The number of ketones is 2. The van der Waals surface area contributed by atoms with E-state index in [1.165, 1.54) is 19.1 Å². The van der Waals surface area contributed by atoms with E-state index in [-0.39, 0.29) is 35.7 Å². The van der Waals surface area contributed by atoms with Crippen LogP contribution in [0.3, 0.4) is 0 Å². The van der Waals surface area contributed by atoms with Gasteiger partial charge in [0, 0.05) is 38.7 Å². The highest BCUT2D eigenvalue weighted by atomic mass is 79.9. The van der Waals surface area contributed by atoms with E-state index < -0.39 is 5.97 Å². The number of carboxylic acid groups (broad SMARTS) is 1. The molecule has 0 aliphatic carbocycles. The van der Waals surface area contributed by atoms with Crippen molar-refractivity contribution in [2.75, 3.05) is 0 Å². The minimum atomic E-state index is -1.18. The summed E-state index contributed by atoms with van der Waals surface area (Å²) in [6.45, 7) is 4.26. The predicted molar refractivity (Wildman–Crippen MR) is 212 cm³/mol. The Bertz CT molecular complexity index is 2220. The molecule has 0 aliphatic rings. The molecule has 0 saturated heterocycles. The van der Waals surface area contributed by atoms with Crippen LogP contribution in [0.4, 0.5) is 0 Å². The van der Waals surface area contributed by atoms with Crippen LogP contribution in [0, 0.1) is 6.92 Å². The van der Waals surface area contributed by atoms with Gasteiger partial charge in [0.2, 0.25) is 0 Å². The second-order valence-corrected chi connectivity index (χ2v) is 14.0. The summed E-state index contributed by atoms with van der Waals surface area (Å²) in [5, 5.41) is 19.3. The van der Waals surface area contributed by atoms with Crippen molar-refractivity contribution in [3.05, 3.63) is 164 Å². The molecule has 0 aliphatic heterocycles. The van der Waals surface area contributed by atoms with Crippen LogP contribution >= 0.6 is 31.9 Å². The number of aromatic hydroxyl groups is 1. The molecule has 0 unspecified atom stereocenters. The number of aryl methyl sites for hydroxylation is 1. The zero-order valence-corrected chi connectivity index (χ0v) is 32.3. The fraction of sp³-hybridized carbons (Fsp3) is 0.140. The van der Waals surface area contributed by atoms with Gasteiger partial charge in [-0.25, -0.2) is 4.79 Å². The van der Waals surface area contributed by atoms with Crippen molar-refractivity contribution >= 4 is 49.4 Å². The van der Waals surface area contributed by atoms with Crippen molar-refractivity contribution in [2.45, 2.75) is 39.9 Å². The number of phenols is 1. The van der Waals surface area contributed by atoms with Gasteiger partial charge < -0.3 is 29.0 Å².